The van der Waals surface area contributed by atoms with Crippen LogP contribution in [-0.4, -0.2) is 4.98 Å². The highest BCUT2D eigenvalue weighted by atomic mass is 79.9. The summed E-state index contributed by atoms with van der Waals surface area (Å²) in [6.45, 7) is 5.05. The van der Waals surface area contributed by atoms with Crippen molar-refractivity contribution >= 4 is 38.6 Å². The zero-order valence-electron chi connectivity index (χ0n) is 9.16. The number of hydrogen-bond donors (Lipinski definition) is 1. The molecule has 0 saturated carbocycles. The molecule has 0 radical (unpaired) electrons. The molecule has 2 nitrogen and oxygen atoms in total. The van der Waals surface area contributed by atoms with E-state index in [9.17, 15) is 0 Å². The average molecular weight is 317 g/mol. The van der Waals surface area contributed by atoms with Crippen LogP contribution in [-0.2, 0) is 6.54 Å². The number of aryl methyl sites for hydroxylation is 1. The second kappa shape index (κ2) is 5.40. The third-order valence-electron chi connectivity index (χ3n) is 2.25. The van der Waals surface area contributed by atoms with Gasteiger partial charge in [-0.25, -0.2) is 4.98 Å². The van der Waals surface area contributed by atoms with E-state index < -0.39 is 0 Å². The van der Waals surface area contributed by atoms with E-state index in [0.29, 0.717) is 6.04 Å². The first kappa shape index (κ1) is 12.2. The predicted molar refractivity (Wildman–Crippen MR) is 74.1 cm³/mol. The number of nitrogens with zero attached hydrogens (tertiary/aromatic N) is 1. The van der Waals surface area contributed by atoms with Crippen molar-refractivity contribution in [2.45, 2.75) is 26.4 Å². The third-order valence-corrected chi connectivity index (χ3v) is 5.02. The second-order valence-electron chi connectivity index (χ2n) is 3.63. The molecule has 0 aliphatic heterocycles. The lowest BCUT2D eigenvalue weighted by atomic mass is 10.3. The van der Waals surface area contributed by atoms with Gasteiger partial charge in [0.05, 0.1) is 3.79 Å². The van der Waals surface area contributed by atoms with E-state index in [1.807, 2.05) is 6.92 Å². The monoisotopic (exact) mass is 316 g/mol. The first-order chi connectivity index (χ1) is 7.65. The molecule has 1 atom stereocenters. The van der Waals surface area contributed by atoms with E-state index in [0.717, 1.165) is 17.2 Å². The van der Waals surface area contributed by atoms with Gasteiger partial charge in [-0.15, -0.1) is 22.7 Å². The van der Waals surface area contributed by atoms with Gasteiger partial charge in [-0.1, -0.05) is 0 Å². The molecule has 0 aromatic carbocycles. The summed E-state index contributed by atoms with van der Waals surface area (Å²) in [7, 11) is 0. The van der Waals surface area contributed by atoms with Crippen molar-refractivity contribution in [3.63, 3.8) is 0 Å². The Hall–Kier alpha value is -0.230. The molecule has 2 rings (SSSR count). The summed E-state index contributed by atoms with van der Waals surface area (Å²) in [5.74, 6) is 0. The van der Waals surface area contributed by atoms with Crippen LogP contribution in [0, 0.1) is 6.92 Å². The van der Waals surface area contributed by atoms with Gasteiger partial charge in [0.1, 0.15) is 5.01 Å². The maximum atomic E-state index is 4.43. The van der Waals surface area contributed by atoms with Crippen molar-refractivity contribution < 1.29 is 0 Å². The molecule has 2 heterocycles. The topological polar surface area (TPSA) is 24.9 Å². The zero-order chi connectivity index (χ0) is 11.5. The summed E-state index contributed by atoms with van der Waals surface area (Å²) < 4.78 is 1.18. The lowest BCUT2D eigenvalue weighted by molar-refractivity contribution is 0.581. The van der Waals surface area contributed by atoms with Crippen molar-refractivity contribution in [3.05, 3.63) is 36.9 Å². The van der Waals surface area contributed by atoms with E-state index in [1.54, 1.807) is 22.7 Å². The van der Waals surface area contributed by atoms with Crippen LogP contribution in [0.25, 0.3) is 0 Å². The van der Waals surface area contributed by atoms with Gasteiger partial charge in [0.2, 0.25) is 0 Å². The molecule has 16 heavy (non-hydrogen) atoms. The summed E-state index contributed by atoms with van der Waals surface area (Å²) >= 11 is 6.97. The third kappa shape index (κ3) is 3.13. The second-order valence-corrected chi connectivity index (χ2v) is 7.06. The fraction of sp³-hybridized carbons (Fsp3) is 0.364. The fourth-order valence-electron chi connectivity index (χ4n) is 1.39. The number of rotatable bonds is 4. The smallest absolute Gasteiger partial charge is 0.107 e. The Kier molecular flexibility index (Phi) is 4.13. The minimum absolute atomic E-state index is 0.375. The highest BCUT2D eigenvalue weighted by Crippen LogP contribution is 2.27. The highest BCUT2D eigenvalue weighted by molar-refractivity contribution is 9.11. The minimum Gasteiger partial charge on any atom is -0.303 e. The van der Waals surface area contributed by atoms with E-state index in [2.05, 4.69) is 50.7 Å². The average Bonchev–Trinajstić information content (AvgIpc) is 2.84. The Morgan fingerprint density at radius 3 is 2.88 bits per heavy atom. The van der Waals surface area contributed by atoms with Crippen LogP contribution >= 0.6 is 38.6 Å². The molecule has 1 N–H and O–H groups in total. The lowest BCUT2D eigenvalue weighted by Crippen LogP contribution is -2.16. The molecule has 0 spiro atoms. The van der Waals surface area contributed by atoms with E-state index in [1.165, 1.54) is 8.66 Å². The van der Waals surface area contributed by atoms with E-state index in [-0.39, 0.29) is 0 Å². The van der Waals surface area contributed by atoms with E-state index >= 15 is 0 Å². The zero-order valence-corrected chi connectivity index (χ0v) is 12.4. The summed E-state index contributed by atoms with van der Waals surface area (Å²) in [6, 6.07) is 4.62. The van der Waals surface area contributed by atoms with Crippen molar-refractivity contribution in [1.82, 2.24) is 10.3 Å². The molecule has 0 bridgehead atoms. The molecule has 0 fully saturated rings. The Balaban J connectivity index is 1.91. The summed E-state index contributed by atoms with van der Waals surface area (Å²) in [6.07, 6.45) is 0. The van der Waals surface area contributed by atoms with Gasteiger partial charge in [0.15, 0.2) is 0 Å². The number of thiophene rings is 1. The van der Waals surface area contributed by atoms with Crippen molar-refractivity contribution in [2.75, 3.05) is 0 Å². The fourth-order valence-corrected chi connectivity index (χ4v) is 3.56. The number of nitrogens with one attached hydrogen (secondary N) is 1. The first-order valence-corrected chi connectivity index (χ1v) is 7.53. The minimum atomic E-state index is 0.375. The van der Waals surface area contributed by atoms with Crippen LogP contribution in [0.2, 0.25) is 0 Å². The van der Waals surface area contributed by atoms with Gasteiger partial charge in [0, 0.05) is 28.5 Å². The Bertz CT molecular complexity index is 464. The lowest BCUT2D eigenvalue weighted by Gasteiger charge is -2.10. The maximum absolute atomic E-state index is 4.43. The largest absolute Gasteiger partial charge is 0.303 e. The van der Waals surface area contributed by atoms with Crippen LogP contribution in [0.5, 0.6) is 0 Å². The summed E-state index contributed by atoms with van der Waals surface area (Å²) in [5, 5.41) is 6.72. The molecule has 0 aliphatic carbocycles. The van der Waals surface area contributed by atoms with Crippen LogP contribution < -0.4 is 5.32 Å². The Morgan fingerprint density at radius 1 is 1.50 bits per heavy atom. The molecule has 0 saturated heterocycles. The molecule has 1 unspecified atom stereocenters. The van der Waals surface area contributed by atoms with Crippen LogP contribution in [0.1, 0.15) is 28.5 Å². The molecule has 5 heteroatoms. The van der Waals surface area contributed by atoms with Gasteiger partial charge in [0.25, 0.3) is 0 Å². The number of halogens is 1. The van der Waals surface area contributed by atoms with Gasteiger partial charge >= 0.3 is 0 Å². The van der Waals surface area contributed by atoms with Crippen LogP contribution in [0.4, 0.5) is 0 Å². The van der Waals surface area contributed by atoms with Crippen molar-refractivity contribution in [2.24, 2.45) is 0 Å². The van der Waals surface area contributed by atoms with Gasteiger partial charge in [-0.2, -0.15) is 0 Å². The van der Waals surface area contributed by atoms with Gasteiger partial charge in [-0.3, -0.25) is 0 Å². The number of hydrogen-bond acceptors (Lipinski definition) is 4. The molecule has 0 amide bonds. The van der Waals surface area contributed by atoms with Gasteiger partial charge in [-0.05, 0) is 41.9 Å². The molecule has 86 valence electrons. The SMILES string of the molecule is Cc1csc(CNC(C)c2ccc(Br)s2)n1. The normalized spacial score (nSPS) is 12.9. The Morgan fingerprint density at radius 2 is 2.31 bits per heavy atom. The molecule has 2 aromatic heterocycles. The van der Waals surface area contributed by atoms with Crippen LogP contribution in [0.15, 0.2) is 21.3 Å². The quantitative estimate of drug-likeness (QED) is 0.917. The maximum Gasteiger partial charge on any atom is 0.107 e. The summed E-state index contributed by atoms with van der Waals surface area (Å²) in [5.41, 5.74) is 1.10. The molecule has 2 aromatic rings. The highest BCUT2D eigenvalue weighted by Gasteiger charge is 2.08. The van der Waals surface area contributed by atoms with Gasteiger partial charge < -0.3 is 5.32 Å². The first-order valence-electron chi connectivity index (χ1n) is 5.05. The van der Waals surface area contributed by atoms with Crippen molar-refractivity contribution in [3.8, 4) is 0 Å². The number of thiazole rings is 1. The van der Waals surface area contributed by atoms with Crippen LogP contribution in [0.3, 0.4) is 0 Å². The van der Waals surface area contributed by atoms with Crippen molar-refractivity contribution in [1.29, 1.82) is 0 Å². The Labute approximate surface area is 112 Å². The summed E-state index contributed by atoms with van der Waals surface area (Å²) in [4.78, 5) is 5.78. The number of aromatic nitrogens is 1. The molecular formula is C11H13BrN2S2. The predicted octanol–water partition coefficient (Wildman–Crippen LogP) is 4.13. The van der Waals surface area contributed by atoms with E-state index in [4.69, 9.17) is 0 Å². The molecule has 0 aliphatic rings. The standard InChI is InChI=1S/C11H13BrN2S2/c1-7-6-15-11(14-7)5-13-8(2)9-3-4-10(12)16-9/h3-4,6,8,13H,5H2,1-2H3. The molecular weight excluding hydrogens is 304 g/mol.